The zero-order valence-electron chi connectivity index (χ0n) is 15.1. The van der Waals surface area contributed by atoms with Gasteiger partial charge < -0.3 is 9.72 Å². The quantitative estimate of drug-likeness (QED) is 0.778. The molecule has 0 aliphatic carbocycles. The molecule has 1 N–H and O–H groups in total. The van der Waals surface area contributed by atoms with E-state index in [-0.39, 0.29) is 11.7 Å². The molecular formula is C22H24N2O2. The molecule has 2 heterocycles. The van der Waals surface area contributed by atoms with Crippen LogP contribution in [0.1, 0.15) is 24.0 Å². The Bertz CT molecular complexity index is 938. The Hall–Kier alpha value is -2.59. The van der Waals surface area contributed by atoms with Crippen molar-refractivity contribution in [2.75, 3.05) is 13.1 Å². The van der Waals surface area contributed by atoms with Crippen LogP contribution < -0.4 is 10.3 Å². The van der Waals surface area contributed by atoms with Gasteiger partial charge in [0.05, 0.1) is 0 Å². The highest BCUT2D eigenvalue weighted by Crippen LogP contribution is 2.23. The van der Waals surface area contributed by atoms with Gasteiger partial charge in [0.2, 0.25) is 0 Å². The largest absolute Gasteiger partial charge is 0.490 e. The number of nitrogens with zero attached hydrogens (tertiary/aromatic N) is 1. The number of aryl methyl sites for hydroxylation is 1. The highest BCUT2D eigenvalue weighted by Gasteiger charge is 2.20. The minimum Gasteiger partial charge on any atom is -0.490 e. The van der Waals surface area contributed by atoms with Crippen molar-refractivity contribution in [2.24, 2.45) is 0 Å². The molecule has 134 valence electrons. The summed E-state index contributed by atoms with van der Waals surface area (Å²) in [4.78, 5) is 17.0. The summed E-state index contributed by atoms with van der Waals surface area (Å²) in [5, 5.41) is 1.62. The third-order valence-corrected chi connectivity index (χ3v) is 5.11. The summed E-state index contributed by atoms with van der Waals surface area (Å²) >= 11 is 0. The highest BCUT2D eigenvalue weighted by atomic mass is 16.5. The minimum atomic E-state index is -0.0570. The maximum Gasteiger partial charge on any atom is 0.255 e. The van der Waals surface area contributed by atoms with E-state index in [1.807, 2.05) is 24.3 Å². The van der Waals surface area contributed by atoms with Crippen LogP contribution in [0.25, 0.3) is 10.8 Å². The van der Waals surface area contributed by atoms with Gasteiger partial charge in [-0.05, 0) is 55.0 Å². The van der Waals surface area contributed by atoms with Crippen LogP contribution in [0.4, 0.5) is 0 Å². The molecule has 1 aromatic heterocycles. The van der Waals surface area contributed by atoms with Crippen LogP contribution in [-0.4, -0.2) is 29.1 Å². The van der Waals surface area contributed by atoms with Gasteiger partial charge in [-0.25, -0.2) is 0 Å². The van der Waals surface area contributed by atoms with Crippen molar-refractivity contribution in [1.82, 2.24) is 9.88 Å². The Morgan fingerprint density at radius 2 is 1.85 bits per heavy atom. The predicted molar refractivity (Wildman–Crippen MR) is 105 cm³/mol. The molecular weight excluding hydrogens is 324 g/mol. The lowest BCUT2D eigenvalue weighted by atomic mass is 10.1. The molecule has 1 aliphatic rings. The second kappa shape index (κ2) is 7.34. The molecule has 4 heteroatoms. The number of fused-ring (bicyclic) bond motifs is 1. The first-order chi connectivity index (χ1) is 12.7. The standard InChI is InChI=1S/C22H24N2O2/c1-16-2-4-17(5-3-16)15-24-12-9-19(10-13-24)26-20-6-7-21-18(14-20)8-11-23-22(21)25/h2-8,11,14,19H,9-10,12-13,15H2,1H3,(H,23,25). The maximum atomic E-state index is 11.8. The number of hydrogen-bond acceptors (Lipinski definition) is 3. The summed E-state index contributed by atoms with van der Waals surface area (Å²) in [6.07, 6.45) is 3.97. The zero-order valence-corrected chi connectivity index (χ0v) is 15.1. The van der Waals surface area contributed by atoms with Gasteiger partial charge in [-0.15, -0.1) is 0 Å². The van der Waals surface area contributed by atoms with E-state index in [0.29, 0.717) is 5.39 Å². The molecule has 1 fully saturated rings. The summed E-state index contributed by atoms with van der Waals surface area (Å²) in [5.74, 6) is 0.847. The van der Waals surface area contributed by atoms with E-state index in [9.17, 15) is 4.79 Å². The van der Waals surface area contributed by atoms with Crippen molar-refractivity contribution in [3.05, 3.63) is 76.2 Å². The lowest BCUT2D eigenvalue weighted by Gasteiger charge is -2.32. The monoisotopic (exact) mass is 348 g/mol. The van der Waals surface area contributed by atoms with Crippen molar-refractivity contribution in [1.29, 1.82) is 0 Å². The number of likely N-dealkylation sites (tertiary alicyclic amines) is 1. The molecule has 0 atom stereocenters. The molecule has 3 aromatic rings. The highest BCUT2D eigenvalue weighted by molar-refractivity contribution is 5.82. The number of hydrogen-bond donors (Lipinski definition) is 1. The first-order valence-electron chi connectivity index (χ1n) is 9.23. The molecule has 1 aliphatic heterocycles. The fraction of sp³-hybridized carbons (Fsp3) is 0.318. The summed E-state index contributed by atoms with van der Waals surface area (Å²) in [5.41, 5.74) is 2.62. The van der Waals surface area contributed by atoms with Crippen LogP contribution >= 0.6 is 0 Å². The van der Waals surface area contributed by atoms with Crippen LogP contribution in [0, 0.1) is 6.92 Å². The van der Waals surface area contributed by atoms with Gasteiger partial charge in [-0.2, -0.15) is 0 Å². The normalized spacial score (nSPS) is 16.0. The number of nitrogens with one attached hydrogen (secondary N) is 1. The van der Waals surface area contributed by atoms with Gasteiger partial charge >= 0.3 is 0 Å². The second-order valence-corrected chi connectivity index (χ2v) is 7.13. The number of benzene rings is 2. The van der Waals surface area contributed by atoms with E-state index < -0.39 is 0 Å². The number of aromatic amines is 1. The van der Waals surface area contributed by atoms with Gasteiger partial charge in [-0.3, -0.25) is 9.69 Å². The molecule has 2 aromatic carbocycles. The Labute approximate surface area is 153 Å². The summed E-state index contributed by atoms with van der Waals surface area (Å²) in [6, 6.07) is 16.4. The maximum absolute atomic E-state index is 11.8. The zero-order chi connectivity index (χ0) is 17.9. The average molecular weight is 348 g/mol. The van der Waals surface area contributed by atoms with E-state index in [4.69, 9.17) is 4.74 Å². The van der Waals surface area contributed by atoms with E-state index in [2.05, 4.69) is 41.1 Å². The van der Waals surface area contributed by atoms with E-state index in [1.54, 1.807) is 6.20 Å². The number of H-pyrrole nitrogens is 1. The van der Waals surface area contributed by atoms with E-state index in [0.717, 1.165) is 43.6 Å². The summed E-state index contributed by atoms with van der Waals surface area (Å²) in [6.45, 7) is 5.22. The van der Waals surface area contributed by atoms with E-state index in [1.165, 1.54) is 11.1 Å². The van der Waals surface area contributed by atoms with Crippen molar-refractivity contribution in [3.8, 4) is 5.75 Å². The molecule has 0 saturated carbocycles. The minimum absolute atomic E-state index is 0.0570. The summed E-state index contributed by atoms with van der Waals surface area (Å²) < 4.78 is 6.18. The molecule has 1 saturated heterocycles. The molecule has 0 unspecified atom stereocenters. The lowest BCUT2D eigenvalue weighted by Crippen LogP contribution is -2.37. The Kier molecular flexibility index (Phi) is 4.76. The third kappa shape index (κ3) is 3.81. The Morgan fingerprint density at radius 3 is 2.62 bits per heavy atom. The Morgan fingerprint density at radius 1 is 1.08 bits per heavy atom. The molecule has 0 amide bonds. The van der Waals surface area contributed by atoms with Crippen LogP contribution in [0.15, 0.2) is 59.5 Å². The molecule has 4 nitrogen and oxygen atoms in total. The topological polar surface area (TPSA) is 45.3 Å². The van der Waals surface area contributed by atoms with Gasteiger partial charge in [-0.1, -0.05) is 29.8 Å². The van der Waals surface area contributed by atoms with Crippen LogP contribution in [-0.2, 0) is 6.54 Å². The third-order valence-electron chi connectivity index (χ3n) is 5.11. The second-order valence-electron chi connectivity index (χ2n) is 7.13. The molecule has 4 rings (SSSR count). The van der Waals surface area contributed by atoms with Crippen molar-refractivity contribution < 1.29 is 4.74 Å². The van der Waals surface area contributed by atoms with Crippen molar-refractivity contribution >= 4 is 10.8 Å². The van der Waals surface area contributed by atoms with E-state index >= 15 is 0 Å². The Balaban J connectivity index is 1.35. The SMILES string of the molecule is Cc1ccc(CN2CCC(Oc3ccc4c(=O)[nH]ccc4c3)CC2)cc1. The molecule has 0 bridgehead atoms. The first-order valence-corrected chi connectivity index (χ1v) is 9.23. The smallest absolute Gasteiger partial charge is 0.255 e. The fourth-order valence-corrected chi connectivity index (χ4v) is 3.57. The number of rotatable bonds is 4. The first kappa shape index (κ1) is 16.9. The number of piperidine rings is 1. The van der Waals surface area contributed by atoms with Gasteiger partial charge in [0.1, 0.15) is 11.9 Å². The average Bonchev–Trinajstić information content (AvgIpc) is 2.65. The van der Waals surface area contributed by atoms with Gasteiger partial charge in [0.25, 0.3) is 5.56 Å². The van der Waals surface area contributed by atoms with Crippen molar-refractivity contribution in [2.45, 2.75) is 32.4 Å². The van der Waals surface area contributed by atoms with Gasteiger partial charge in [0, 0.05) is 31.2 Å². The van der Waals surface area contributed by atoms with Crippen LogP contribution in [0.3, 0.4) is 0 Å². The molecule has 0 radical (unpaired) electrons. The molecule has 0 spiro atoms. The van der Waals surface area contributed by atoms with Gasteiger partial charge in [0.15, 0.2) is 0 Å². The lowest BCUT2D eigenvalue weighted by molar-refractivity contribution is 0.0969. The van der Waals surface area contributed by atoms with Crippen LogP contribution in [0.5, 0.6) is 5.75 Å². The number of ether oxygens (including phenoxy) is 1. The molecule has 26 heavy (non-hydrogen) atoms. The van der Waals surface area contributed by atoms with Crippen molar-refractivity contribution in [3.63, 3.8) is 0 Å². The van der Waals surface area contributed by atoms with Crippen LogP contribution in [0.2, 0.25) is 0 Å². The fourth-order valence-electron chi connectivity index (χ4n) is 3.57. The number of pyridine rings is 1. The summed E-state index contributed by atoms with van der Waals surface area (Å²) in [7, 11) is 0. The predicted octanol–water partition coefficient (Wildman–Crippen LogP) is 3.88. The number of aromatic nitrogens is 1.